The van der Waals surface area contributed by atoms with Gasteiger partial charge in [-0.3, -0.25) is 4.79 Å². The van der Waals surface area contributed by atoms with Crippen molar-refractivity contribution in [3.05, 3.63) is 51.0 Å². The minimum absolute atomic E-state index is 0.0337. The van der Waals surface area contributed by atoms with Crippen LogP contribution in [-0.2, 0) is 13.2 Å². The van der Waals surface area contributed by atoms with E-state index in [1.807, 2.05) is 38.1 Å². The fraction of sp³-hybridized carbons (Fsp3) is 0.286. The quantitative estimate of drug-likeness (QED) is 0.899. The number of nitrogens with one attached hydrogen (secondary N) is 1. The molecule has 0 saturated heterocycles. The van der Waals surface area contributed by atoms with Gasteiger partial charge in [-0.15, -0.1) is 11.3 Å². The van der Waals surface area contributed by atoms with Gasteiger partial charge in [0.05, 0.1) is 17.3 Å². The van der Waals surface area contributed by atoms with E-state index in [1.54, 1.807) is 0 Å². The number of thiazole rings is 1. The highest BCUT2D eigenvalue weighted by Gasteiger charge is 2.13. The summed E-state index contributed by atoms with van der Waals surface area (Å²) in [7, 11) is 0. The Bertz CT molecular complexity index is 576. The van der Waals surface area contributed by atoms with Crippen LogP contribution < -0.4 is 5.32 Å². The molecule has 0 aliphatic heterocycles. The molecule has 19 heavy (non-hydrogen) atoms. The number of aliphatic hydroxyl groups excluding tert-OH is 1. The predicted octanol–water partition coefficient (Wildman–Crippen LogP) is 2.18. The lowest BCUT2D eigenvalue weighted by molar-refractivity contribution is 0.0954. The Morgan fingerprint density at radius 2 is 1.89 bits per heavy atom. The average molecular weight is 276 g/mol. The summed E-state index contributed by atoms with van der Waals surface area (Å²) in [5, 5.41) is 12.7. The molecule has 0 atom stereocenters. The van der Waals surface area contributed by atoms with Gasteiger partial charge in [0.2, 0.25) is 0 Å². The Morgan fingerprint density at radius 1 is 1.26 bits per heavy atom. The molecule has 0 aliphatic carbocycles. The van der Waals surface area contributed by atoms with E-state index < -0.39 is 0 Å². The van der Waals surface area contributed by atoms with Crippen LogP contribution in [-0.4, -0.2) is 16.0 Å². The predicted molar refractivity (Wildman–Crippen MR) is 75.1 cm³/mol. The molecule has 2 rings (SSSR count). The zero-order valence-corrected chi connectivity index (χ0v) is 11.8. The molecule has 0 fully saturated rings. The first-order valence-corrected chi connectivity index (χ1v) is 6.82. The molecule has 1 amide bonds. The number of aromatic nitrogens is 1. The Balaban J connectivity index is 1.98. The Kier molecular flexibility index (Phi) is 4.29. The maximum atomic E-state index is 12.0. The van der Waals surface area contributed by atoms with Crippen molar-refractivity contribution in [1.82, 2.24) is 10.3 Å². The van der Waals surface area contributed by atoms with Crippen molar-refractivity contribution in [3.8, 4) is 0 Å². The van der Waals surface area contributed by atoms with Crippen LogP contribution in [0.1, 0.15) is 31.5 Å². The van der Waals surface area contributed by atoms with Crippen molar-refractivity contribution in [3.63, 3.8) is 0 Å². The van der Waals surface area contributed by atoms with E-state index in [1.165, 1.54) is 11.3 Å². The van der Waals surface area contributed by atoms with Crippen LogP contribution >= 0.6 is 11.3 Å². The van der Waals surface area contributed by atoms with Gasteiger partial charge in [-0.2, -0.15) is 0 Å². The molecule has 0 unspecified atom stereocenters. The molecule has 0 spiro atoms. The first-order chi connectivity index (χ1) is 9.10. The molecule has 0 radical (unpaired) electrons. The normalized spacial score (nSPS) is 10.5. The molecule has 1 heterocycles. The van der Waals surface area contributed by atoms with Crippen molar-refractivity contribution in [1.29, 1.82) is 0 Å². The van der Waals surface area contributed by atoms with Gasteiger partial charge in [-0.25, -0.2) is 4.98 Å². The molecule has 100 valence electrons. The molecule has 0 saturated carbocycles. The second-order valence-corrected chi connectivity index (χ2v) is 5.51. The molecule has 5 heteroatoms. The van der Waals surface area contributed by atoms with Gasteiger partial charge in [-0.1, -0.05) is 24.3 Å². The monoisotopic (exact) mass is 276 g/mol. The third kappa shape index (κ3) is 3.39. The fourth-order valence-corrected chi connectivity index (χ4v) is 2.60. The highest BCUT2D eigenvalue weighted by Crippen LogP contribution is 2.16. The second-order valence-electron chi connectivity index (χ2n) is 4.30. The minimum atomic E-state index is -0.0886. The van der Waals surface area contributed by atoms with E-state index in [0.29, 0.717) is 11.4 Å². The van der Waals surface area contributed by atoms with Crippen molar-refractivity contribution in [2.75, 3.05) is 0 Å². The molecule has 2 N–H and O–H groups in total. The third-order valence-corrected chi connectivity index (χ3v) is 3.84. The van der Waals surface area contributed by atoms with Crippen molar-refractivity contribution in [2.24, 2.45) is 0 Å². The summed E-state index contributed by atoms with van der Waals surface area (Å²) in [6.07, 6.45) is 0. The smallest absolute Gasteiger partial charge is 0.263 e. The maximum Gasteiger partial charge on any atom is 0.263 e. The molecule has 0 bridgehead atoms. The van der Waals surface area contributed by atoms with Crippen LogP contribution in [0.3, 0.4) is 0 Å². The molecule has 1 aromatic carbocycles. The average Bonchev–Trinajstić information content (AvgIpc) is 2.75. The summed E-state index contributed by atoms with van der Waals surface area (Å²) in [6, 6.07) is 7.50. The molecule has 0 aliphatic rings. The highest BCUT2D eigenvalue weighted by atomic mass is 32.1. The van der Waals surface area contributed by atoms with Gasteiger partial charge in [0, 0.05) is 6.54 Å². The molecular weight excluding hydrogens is 260 g/mol. The van der Waals surface area contributed by atoms with E-state index in [0.717, 1.165) is 21.8 Å². The number of rotatable bonds is 4. The zero-order valence-electron chi connectivity index (χ0n) is 10.9. The topological polar surface area (TPSA) is 62.2 Å². The minimum Gasteiger partial charge on any atom is -0.392 e. The number of aliphatic hydroxyl groups is 1. The SMILES string of the molecule is Cc1nc(C)c(C(=O)NCc2ccc(CO)cc2)s1. The Hall–Kier alpha value is -1.72. The van der Waals surface area contributed by atoms with Crippen molar-refractivity contribution < 1.29 is 9.90 Å². The lowest BCUT2D eigenvalue weighted by atomic mass is 10.1. The Morgan fingerprint density at radius 3 is 2.42 bits per heavy atom. The van der Waals surface area contributed by atoms with Gasteiger partial charge in [0.25, 0.3) is 5.91 Å². The first-order valence-electron chi connectivity index (χ1n) is 6.01. The third-order valence-electron chi connectivity index (χ3n) is 2.77. The van der Waals surface area contributed by atoms with Gasteiger partial charge < -0.3 is 10.4 Å². The summed E-state index contributed by atoms with van der Waals surface area (Å²) in [6.45, 7) is 4.24. The van der Waals surface area contributed by atoms with E-state index in [9.17, 15) is 4.79 Å². The summed E-state index contributed by atoms with van der Waals surface area (Å²) >= 11 is 1.41. The summed E-state index contributed by atoms with van der Waals surface area (Å²) < 4.78 is 0. The van der Waals surface area contributed by atoms with Gasteiger partial charge >= 0.3 is 0 Å². The van der Waals surface area contributed by atoms with Crippen LogP contribution in [0.5, 0.6) is 0 Å². The van der Waals surface area contributed by atoms with Crippen LogP contribution in [0.15, 0.2) is 24.3 Å². The van der Waals surface area contributed by atoms with E-state index in [-0.39, 0.29) is 12.5 Å². The lowest BCUT2D eigenvalue weighted by Gasteiger charge is -2.05. The molecular formula is C14H16N2O2S. The largest absolute Gasteiger partial charge is 0.392 e. The summed E-state index contributed by atoms with van der Waals surface area (Å²) in [5.41, 5.74) is 2.64. The molecule has 4 nitrogen and oxygen atoms in total. The van der Waals surface area contributed by atoms with Crippen molar-refractivity contribution in [2.45, 2.75) is 27.0 Å². The zero-order chi connectivity index (χ0) is 13.8. The summed E-state index contributed by atoms with van der Waals surface area (Å²) in [5.74, 6) is -0.0886. The molecule has 1 aromatic heterocycles. The number of carbonyl (C=O) groups is 1. The number of amides is 1. The van der Waals surface area contributed by atoms with Crippen LogP contribution in [0.2, 0.25) is 0 Å². The van der Waals surface area contributed by atoms with E-state index in [2.05, 4.69) is 10.3 Å². The van der Waals surface area contributed by atoms with Gasteiger partial charge in [0.15, 0.2) is 0 Å². The van der Waals surface area contributed by atoms with Gasteiger partial charge in [-0.05, 0) is 25.0 Å². The summed E-state index contributed by atoms with van der Waals surface area (Å²) in [4.78, 5) is 16.9. The maximum absolute atomic E-state index is 12.0. The number of hydrogen-bond donors (Lipinski definition) is 2. The van der Waals surface area contributed by atoms with E-state index in [4.69, 9.17) is 5.11 Å². The van der Waals surface area contributed by atoms with Crippen molar-refractivity contribution >= 4 is 17.2 Å². The molecule has 2 aromatic rings. The second kappa shape index (κ2) is 5.95. The van der Waals surface area contributed by atoms with Crippen LogP contribution in [0.4, 0.5) is 0 Å². The fourth-order valence-electron chi connectivity index (χ4n) is 1.77. The first kappa shape index (κ1) is 13.7. The lowest BCUT2D eigenvalue weighted by Crippen LogP contribution is -2.22. The Labute approximate surface area is 116 Å². The number of carbonyl (C=O) groups excluding carboxylic acids is 1. The number of hydrogen-bond acceptors (Lipinski definition) is 4. The van der Waals surface area contributed by atoms with Crippen LogP contribution in [0.25, 0.3) is 0 Å². The van der Waals surface area contributed by atoms with Crippen LogP contribution in [0, 0.1) is 13.8 Å². The number of nitrogens with zero attached hydrogens (tertiary/aromatic N) is 1. The highest BCUT2D eigenvalue weighted by molar-refractivity contribution is 7.13. The van der Waals surface area contributed by atoms with E-state index >= 15 is 0 Å². The van der Waals surface area contributed by atoms with Gasteiger partial charge in [0.1, 0.15) is 4.88 Å². The number of benzene rings is 1. The standard InChI is InChI=1S/C14H16N2O2S/c1-9-13(19-10(2)16-9)14(18)15-7-11-3-5-12(8-17)6-4-11/h3-6,17H,7-8H2,1-2H3,(H,15,18). The number of aryl methyl sites for hydroxylation is 2.